The molecule has 4 amide bonds. The fraction of sp³-hybridized carbons (Fsp3) is 0.600. The lowest BCUT2D eigenvalue weighted by Crippen LogP contribution is -2.55. The van der Waals surface area contributed by atoms with Gasteiger partial charge in [0.05, 0.1) is 6.54 Å². The number of hydrogen-bond donors (Lipinski definition) is 3. The Balaban J connectivity index is 1.87. The lowest BCUT2D eigenvalue weighted by atomic mass is 10.0. The molecular formula is C20H30N4O4. The average molecular weight is 390 g/mol. The van der Waals surface area contributed by atoms with Crippen LogP contribution < -0.4 is 16.0 Å². The molecule has 2 rings (SSSR count). The Labute approximate surface area is 165 Å². The van der Waals surface area contributed by atoms with Crippen molar-refractivity contribution in [3.63, 3.8) is 0 Å². The maximum atomic E-state index is 12.6. The van der Waals surface area contributed by atoms with Gasteiger partial charge in [-0.05, 0) is 38.2 Å². The van der Waals surface area contributed by atoms with Crippen molar-refractivity contribution in [2.75, 3.05) is 13.1 Å². The van der Waals surface area contributed by atoms with Crippen LogP contribution in [0.1, 0.15) is 46.5 Å². The Kier molecular flexibility index (Phi) is 7.78. The summed E-state index contributed by atoms with van der Waals surface area (Å²) in [7, 11) is 0. The third-order valence-corrected chi connectivity index (χ3v) is 4.79. The summed E-state index contributed by atoms with van der Waals surface area (Å²) in [6.45, 7) is 5.74. The second-order valence-corrected chi connectivity index (χ2v) is 7.57. The fourth-order valence-corrected chi connectivity index (χ4v) is 3.12. The molecule has 0 saturated carbocycles. The van der Waals surface area contributed by atoms with Gasteiger partial charge in [-0.25, -0.2) is 0 Å². The molecule has 2 aliphatic rings. The van der Waals surface area contributed by atoms with Gasteiger partial charge in [0.25, 0.3) is 0 Å². The fourth-order valence-electron chi connectivity index (χ4n) is 3.12. The number of likely N-dealkylation sites (tertiary alicyclic amines) is 1. The van der Waals surface area contributed by atoms with Gasteiger partial charge in [-0.1, -0.05) is 26.0 Å². The molecule has 0 bridgehead atoms. The van der Waals surface area contributed by atoms with Gasteiger partial charge in [-0.15, -0.1) is 0 Å². The summed E-state index contributed by atoms with van der Waals surface area (Å²) in [5.74, 6) is -1.33. The molecule has 1 aliphatic heterocycles. The van der Waals surface area contributed by atoms with Gasteiger partial charge in [-0.2, -0.15) is 0 Å². The first kappa shape index (κ1) is 21.7. The van der Waals surface area contributed by atoms with E-state index < -0.39 is 18.0 Å². The van der Waals surface area contributed by atoms with E-state index in [4.69, 9.17) is 0 Å². The lowest BCUT2D eigenvalue weighted by molar-refractivity contribution is -0.135. The van der Waals surface area contributed by atoms with E-state index in [1.165, 1.54) is 4.90 Å². The van der Waals surface area contributed by atoms with Crippen LogP contribution >= 0.6 is 0 Å². The molecule has 3 N–H and O–H groups in total. The highest BCUT2D eigenvalue weighted by atomic mass is 16.2. The third-order valence-electron chi connectivity index (χ3n) is 4.79. The van der Waals surface area contributed by atoms with Gasteiger partial charge in [0.2, 0.25) is 23.6 Å². The predicted molar refractivity (Wildman–Crippen MR) is 105 cm³/mol. The van der Waals surface area contributed by atoms with Gasteiger partial charge >= 0.3 is 0 Å². The molecular weight excluding hydrogens is 360 g/mol. The maximum Gasteiger partial charge on any atom is 0.246 e. The zero-order valence-electron chi connectivity index (χ0n) is 16.8. The van der Waals surface area contributed by atoms with Crippen LogP contribution in [0.4, 0.5) is 0 Å². The van der Waals surface area contributed by atoms with Crippen molar-refractivity contribution >= 4 is 23.6 Å². The van der Waals surface area contributed by atoms with Crippen LogP contribution in [0.15, 0.2) is 23.9 Å². The molecule has 8 heteroatoms. The summed E-state index contributed by atoms with van der Waals surface area (Å²) in [5.41, 5.74) is 0.723. The molecule has 1 aliphatic carbocycles. The molecule has 1 heterocycles. The monoisotopic (exact) mass is 390 g/mol. The van der Waals surface area contributed by atoms with Crippen LogP contribution in [-0.4, -0.2) is 53.7 Å². The van der Waals surface area contributed by atoms with Crippen LogP contribution in [0.5, 0.6) is 0 Å². The molecule has 0 spiro atoms. The molecule has 1 saturated heterocycles. The van der Waals surface area contributed by atoms with Crippen molar-refractivity contribution in [1.29, 1.82) is 0 Å². The lowest BCUT2D eigenvalue weighted by Gasteiger charge is -2.25. The van der Waals surface area contributed by atoms with Crippen LogP contribution in [0.25, 0.3) is 0 Å². The number of nitrogens with zero attached hydrogens (tertiary/aromatic N) is 1. The zero-order valence-corrected chi connectivity index (χ0v) is 16.8. The van der Waals surface area contributed by atoms with E-state index in [1.54, 1.807) is 6.92 Å². The average Bonchev–Trinajstić information content (AvgIpc) is 3.04. The second kappa shape index (κ2) is 10.1. The molecule has 0 aromatic carbocycles. The molecule has 0 unspecified atom stereocenters. The number of allylic oxidation sites excluding steroid dienone is 3. The highest BCUT2D eigenvalue weighted by Gasteiger charge is 2.29. The number of rotatable bonds is 8. The van der Waals surface area contributed by atoms with Crippen LogP contribution in [0.3, 0.4) is 0 Å². The normalized spacial score (nSPS) is 18.5. The third kappa shape index (κ3) is 6.21. The van der Waals surface area contributed by atoms with Gasteiger partial charge in [-0.3, -0.25) is 19.2 Å². The minimum atomic E-state index is -0.783. The van der Waals surface area contributed by atoms with Crippen LogP contribution in [-0.2, 0) is 19.2 Å². The van der Waals surface area contributed by atoms with Crippen molar-refractivity contribution < 1.29 is 19.2 Å². The van der Waals surface area contributed by atoms with E-state index in [0.717, 1.165) is 25.0 Å². The number of carbonyl (C=O) groups is 4. The van der Waals surface area contributed by atoms with Crippen LogP contribution in [0.2, 0.25) is 0 Å². The first-order valence-corrected chi connectivity index (χ1v) is 9.83. The van der Waals surface area contributed by atoms with E-state index in [1.807, 2.05) is 32.1 Å². The Morgan fingerprint density at radius 1 is 1.11 bits per heavy atom. The predicted octanol–water partition coefficient (Wildman–Crippen LogP) is 0.604. The van der Waals surface area contributed by atoms with Crippen molar-refractivity contribution in [3.05, 3.63) is 23.9 Å². The largest absolute Gasteiger partial charge is 0.343 e. The van der Waals surface area contributed by atoms with Crippen molar-refractivity contribution in [3.8, 4) is 0 Å². The highest BCUT2D eigenvalue weighted by molar-refractivity contribution is 5.93. The number of carbonyl (C=O) groups excluding carboxylic acids is 4. The number of hydrogen-bond acceptors (Lipinski definition) is 4. The molecule has 154 valence electrons. The van der Waals surface area contributed by atoms with Gasteiger partial charge < -0.3 is 20.9 Å². The molecule has 0 aromatic heterocycles. The quantitative estimate of drug-likeness (QED) is 0.564. The van der Waals surface area contributed by atoms with E-state index in [2.05, 4.69) is 16.0 Å². The van der Waals surface area contributed by atoms with Crippen LogP contribution in [0, 0.1) is 5.92 Å². The number of amides is 4. The summed E-state index contributed by atoms with van der Waals surface area (Å²) < 4.78 is 0. The van der Waals surface area contributed by atoms with Crippen molar-refractivity contribution in [2.45, 2.75) is 58.5 Å². The Morgan fingerprint density at radius 3 is 2.43 bits per heavy atom. The van der Waals surface area contributed by atoms with Crippen molar-refractivity contribution in [1.82, 2.24) is 20.9 Å². The minimum Gasteiger partial charge on any atom is -0.343 e. The smallest absolute Gasteiger partial charge is 0.246 e. The Hall–Kier alpha value is -2.64. The van der Waals surface area contributed by atoms with E-state index in [9.17, 15) is 19.2 Å². The summed E-state index contributed by atoms with van der Waals surface area (Å²) in [6, 6.07) is -1.53. The maximum absolute atomic E-state index is 12.6. The molecule has 1 fully saturated rings. The van der Waals surface area contributed by atoms with Crippen molar-refractivity contribution in [2.24, 2.45) is 5.92 Å². The SMILES string of the molecule is CC(C)[C@H](NC(=O)CN1CCCC1=O)C(=O)N[C@@H](C)C(=O)NC1=CCCC=C1. The van der Waals surface area contributed by atoms with E-state index >= 15 is 0 Å². The first-order valence-electron chi connectivity index (χ1n) is 9.83. The van der Waals surface area contributed by atoms with Gasteiger partial charge in [0.1, 0.15) is 12.1 Å². The summed E-state index contributed by atoms with van der Waals surface area (Å²) in [6.07, 6.45) is 8.78. The minimum absolute atomic E-state index is 0.0444. The molecule has 8 nitrogen and oxygen atoms in total. The topological polar surface area (TPSA) is 108 Å². The Morgan fingerprint density at radius 2 is 1.86 bits per heavy atom. The molecule has 28 heavy (non-hydrogen) atoms. The highest BCUT2D eigenvalue weighted by Crippen LogP contribution is 2.10. The Bertz CT molecular complexity index is 684. The summed E-state index contributed by atoms with van der Waals surface area (Å²) in [5, 5.41) is 8.13. The van der Waals surface area contributed by atoms with E-state index in [-0.39, 0.29) is 30.2 Å². The second-order valence-electron chi connectivity index (χ2n) is 7.57. The molecule has 0 radical (unpaired) electrons. The zero-order chi connectivity index (χ0) is 20.7. The summed E-state index contributed by atoms with van der Waals surface area (Å²) in [4.78, 5) is 50.3. The molecule has 2 atom stereocenters. The molecule has 0 aromatic rings. The van der Waals surface area contributed by atoms with Gasteiger partial charge in [0.15, 0.2) is 0 Å². The van der Waals surface area contributed by atoms with E-state index in [0.29, 0.717) is 13.0 Å². The summed E-state index contributed by atoms with van der Waals surface area (Å²) >= 11 is 0. The first-order chi connectivity index (χ1) is 13.3. The number of nitrogens with one attached hydrogen (secondary N) is 3. The standard InChI is InChI=1S/C20H30N4O4/c1-13(2)18(23-16(25)12-24-11-7-10-17(24)26)20(28)21-14(3)19(27)22-15-8-5-4-6-9-15/h5,8-9,13-14,18H,4,6-7,10-12H2,1-3H3,(H,21,28)(H,22,27)(H,23,25)/t14-,18-/m0/s1. The van der Waals surface area contributed by atoms with Gasteiger partial charge in [0, 0.05) is 18.7 Å².